The van der Waals surface area contributed by atoms with Crippen LogP contribution in [-0.4, -0.2) is 31.6 Å². The second kappa shape index (κ2) is 6.98. The third-order valence-electron chi connectivity index (χ3n) is 2.78. The van der Waals surface area contributed by atoms with Crippen molar-refractivity contribution >= 4 is 21.4 Å². The van der Waals surface area contributed by atoms with Gasteiger partial charge in [-0.15, -0.1) is 11.3 Å². The number of nitrogens with zero attached hydrogens (tertiary/aromatic N) is 2. The Morgan fingerprint density at radius 3 is 3.00 bits per heavy atom. The zero-order valence-corrected chi connectivity index (χ0v) is 12.9. The van der Waals surface area contributed by atoms with Crippen molar-refractivity contribution in [1.82, 2.24) is 19.6 Å². The van der Waals surface area contributed by atoms with Crippen LogP contribution in [0.2, 0.25) is 0 Å². The maximum atomic E-state index is 12.2. The molecule has 0 aliphatic rings. The number of imidazole rings is 1. The number of nitrogens with one attached hydrogen (secondary N) is 2. The first-order valence-corrected chi connectivity index (χ1v) is 8.66. The van der Waals surface area contributed by atoms with Crippen LogP contribution < -0.4 is 10.0 Å². The molecule has 110 valence electrons. The lowest BCUT2D eigenvalue weighted by Crippen LogP contribution is -2.26. The molecule has 0 spiro atoms. The molecule has 0 aliphatic heterocycles. The summed E-state index contributed by atoms with van der Waals surface area (Å²) in [6.45, 7) is 1.72. The minimum Gasteiger partial charge on any atom is -0.337 e. The van der Waals surface area contributed by atoms with E-state index in [4.69, 9.17) is 0 Å². The number of aromatic nitrogens is 2. The summed E-state index contributed by atoms with van der Waals surface area (Å²) in [6.07, 6.45) is 6.01. The van der Waals surface area contributed by atoms with Crippen LogP contribution in [-0.2, 0) is 23.1 Å². The maximum Gasteiger partial charge on any atom is 0.241 e. The molecule has 0 aliphatic carbocycles. The first-order chi connectivity index (χ1) is 9.63. The third kappa shape index (κ3) is 3.89. The Morgan fingerprint density at radius 2 is 2.30 bits per heavy atom. The highest BCUT2D eigenvalue weighted by Gasteiger charge is 2.18. The Hall–Kier alpha value is -1.22. The summed E-state index contributed by atoms with van der Waals surface area (Å²) < 4.78 is 29.0. The lowest BCUT2D eigenvalue weighted by molar-refractivity contribution is 0.569. The van der Waals surface area contributed by atoms with Gasteiger partial charge >= 0.3 is 0 Å². The lowest BCUT2D eigenvalue weighted by atomic mass is 10.4. The summed E-state index contributed by atoms with van der Waals surface area (Å²) in [5.74, 6) is 0. The SMILES string of the molecule is CNCc1sccc1S(=O)(=O)NCCCn1ccnc1. The van der Waals surface area contributed by atoms with Crippen LogP contribution in [0, 0.1) is 0 Å². The zero-order valence-electron chi connectivity index (χ0n) is 11.2. The molecule has 0 bridgehead atoms. The molecule has 0 fully saturated rings. The molecule has 20 heavy (non-hydrogen) atoms. The number of aryl methyl sites for hydroxylation is 1. The molecule has 0 amide bonds. The van der Waals surface area contributed by atoms with E-state index < -0.39 is 10.0 Å². The van der Waals surface area contributed by atoms with E-state index in [-0.39, 0.29) is 0 Å². The second-order valence-electron chi connectivity index (χ2n) is 4.29. The number of hydrogen-bond donors (Lipinski definition) is 2. The smallest absolute Gasteiger partial charge is 0.241 e. The molecule has 0 atom stereocenters. The fourth-order valence-corrected chi connectivity index (χ4v) is 4.35. The van der Waals surface area contributed by atoms with E-state index in [0.29, 0.717) is 18.0 Å². The highest BCUT2D eigenvalue weighted by Crippen LogP contribution is 2.21. The summed E-state index contributed by atoms with van der Waals surface area (Å²) in [4.78, 5) is 5.14. The molecule has 2 aromatic rings. The molecule has 2 rings (SSSR count). The molecular formula is C12H18N4O2S2. The highest BCUT2D eigenvalue weighted by atomic mass is 32.2. The molecule has 2 N–H and O–H groups in total. The first kappa shape index (κ1) is 15.2. The van der Waals surface area contributed by atoms with Crippen molar-refractivity contribution in [2.24, 2.45) is 0 Å². The van der Waals surface area contributed by atoms with Gasteiger partial charge in [0.1, 0.15) is 0 Å². The predicted molar refractivity (Wildman–Crippen MR) is 79.1 cm³/mol. The van der Waals surface area contributed by atoms with Gasteiger partial charge < -0.3 is 9.88 Å². The third-order valence-corrected chi connectivity index (χ3v) is 5.37. The number of thiophene rings is 1. The highest BCUT2D eigenvalue weighted by molar-refractivity contribution is 7.89. The van der Waals surface area contributed by atoms with Crippen molar-refractivity contribution in [1.29, 1.82) is 0 Å². The summed E-state index contributed by atoms with van der Waals surface area (Å²) in [5.41, 5.74) is 0. The van der Waals surface area contributed by atoms with Gasteiger partial charge in [0.05, 0.1) is 11.2 Å². The van der Waals surface area contributed by atoms with Crippen LogP contribution in [0.25, 0.3) is 0 Å². The normalized spacial score (nSPS) is 11.8. The Labute approximate surface area is 122 Å². The van der Waals surface area contributed by atoms with E-state index in [9.17, 15) is 8.42 Å². The van der Waals surface area contributed by atoms with Gasteiger partial charge in [-0.3, -0.25) is 0 Å². The number of rotatable bonds is 8. The quantitative estimate of drug-likeness (QED) is 0.714. The largest absolute Gasteiger partial charge is 0.337 e. The zero-order chi connectivity index (χ0) is 14.4. The predicted octanol–water partition coefficient (Wildman–Crippen LogP) is 1.03. The van der Waals surface area contributed by atoms with Gasteiger partial charge in [0.25, 0.3) is 0 Å². The van der Waals surface area contributed by atoms with Gasteiger partial charge in [-0.05, 0) is 24.9 Å². The molecule has 0 unspecified atom stereocenters. The average molecular weight is 314 g/mol. The molecule has 8 heteroatoms. The van der Waals surface area contributed by atoms with Crippen LogP contribution in [0.1, 0.15) is 11.3 Å². The summed E-state index contributed by atoms with van der Waals surface area (Å²) in [5, 5.41) is 4.77. The van der Waals surface area contributed by atoms with Crippen LogP contribution in [0.15, 0.2) is 35.1 Å². The van der Waals surface area contributed by atoms with Crippen molar-refractivity contribution in [2.45, 2.75) is 24.4 Å². The molecule has 0 aromatic carbocycles. The van der Waals surface area contributed by atoms with E-state index in [0.717, 1.165) is 17.8 Å². The Morgan fingerprint density at radius 1 is 1.45 bits per heavy atom. The minimum absolute atomic E-state index is 0.375. The molecule has 6 nitrogen and oxygen atoms in total. The first-order valence-electron chi connectivity index (χ1n) is 6.30. The molecule has 2 aromatic heterocycles. The van der Waals surface area contributed by atoms with Gasteiger partial charge in [0, 0.05) is 36.9 Å². The summed E-state index contributed by atoms with van der Waals surface area (Å²) in [7, 11) is -1.62. The number of sulfonamides is 1. The minimum atomic E-state index is -3.42. The Bertz CT molecular complexity index is 620. The number of hydrogen-bond acceptors (Lipinski definition) is 5. The van der Waals surface area contributed by atoms with Gasteiger partial charge in [-0.25, -0.2) is 18.1 Å². The molecule has 0 saturated carbocycles. The Kier molecular flexibility index (Phi) is 5.30. The van der Waals surface area contributed by atoms with E-state index >= 15 is 0 Å². The second-order valence-corrected chi connectivity index (χ2v) is 7.03. The van der Waals surface area contributed by atoms with Crippen molar-refractivity contribution in [3.8, 4) is 0 Å². The monoisotopic (exact) mass is 314 g/mol. The fraction of sp³-hybridized carbons (Fsp3) is 0.417. The van der Waals surface area contributed by atoms with Crippen LogP contribution >= 0.6 is 11.3 Å². The van der Waals surface area contributed by atoms with Crippen molar-refractivity contribution < 1.29 is 8.42 Å². The maximum absolute atomic E-state index is 12.2. The standard InChI is InChI=1S/C12H18N4O2S2/c1-13-9-11-12(3-8-19-11)20(17,18)15-4-2-6-16-7-5-14-10-16/h3,5,7-8,10,13,15H,2,4,6,9H2,1H3. The van der Waals surface area contributed by atoms with Gasteiger partial charge in [0.2, 0.25) is 10.0 Å². The van der Waals surface area contributed by atoms with E-state index in [1.807, 2.05) is 10.8 Å². The molecule has 0 saturated heterocycles. The van der Waals surface area contributed by atoms with E-state index in [2.05, 4.69) is 15.0 Å². The van der Waals surface area contributed by atoms with Crippen LogP contribution in [0.4, 0.5) is 0 Å². The van der Waals surface area contributed by atoms with Crippen molar-refractivity contribution in [2.75, 3.05) is 13.6 Å². The lowest BCUT2D eigenvalue weighted by Gasteiger charge is -2.08. The van der Waals surface area contributed by atoms with Crippen LogP contribution in [0.5, 0.6) is 0 Å². The average Bonchev–Trinajstić information content (AvgIpc) is 3.06. The molecule has 2 heterocycles. The van der Waals surface area contributed by atoms with Crippen molar-refractivity contribution in [3.63, 3.8) is 0 Å². The van der Waals surface area contributed by atoms with Gasteiger partial charge in [-0.2, -0.15) is 0 Å². The molecular weight excluding hydrogens is 296 g/mol. The van der Waals surface area contributed by atoms with E-state index in [1.165, 1.54) is 11.3 Å². The molecule has 0 radical (unpaired) electrons. The summed E-state index contributed by atoms with van der Waals surface area (Å²) >= 11 is 1.44. The fourth-order valence-electron chi connectivity index (χ4n) is 1.82. The summed E-state index contributed by atoms with van der Waals surface area (Å²) in [6, 6.07) is 1.65. The van der Waals surface area contributed by atoms with E-state index in [1.54, 1.807) is 31.0 Å². The van der Waals surface area contributed by atoms with Gasteiger partial charge in [-0.1, -0.05) is 0 Å². The van der Waals surface area contributed by atoms with Crippen LogP contribution in [0.3, 0.4) is 0 Å². The topological polar surface area (TPSA) is 76.0 Å². The van der Waals surface area contributed by atoms with Gasteiger partial charge in [0.15, 0.2) is 0 Å². The van der Waals surface area contributed by atoms with Crippen molar-refractivity contribution in [3.05, 3.63) is 35.0 Å². The Balaban J connectivity index is 1.88.